The highest BCUT2D eigenvalue weighted by atomic mass is 32.1. The molecule has 1 amide bonds. The smallest absolute Gasteiger partial charge is 0.355 e. The number of carbonyl (C=O) groups excluding carboxylic acids is 1. The summed E-state index contributed by atoms with van der Waals surface area (Å²) >= 11 is 1.24. The van der Waals surface area contributed by atoms with E-state index in [1.54, 1.807) is 19.1 Å². The lowest BCUT2D eigenvalue weighted by Crippen LogP contribution is -2.29. The molecule has 22 heavy (non-hydrogen) atoms. The molecule has 7 heteroatoms. The lowest BCUT2D eigenvalue weighted by Gasteiger charge is -2.12. The fourth-order valence-electron chi connectivity index (χ4n) is 1.90. The van der Waals surface area contributed by atoms with Crippen LogP contribution in [0.4, 0.5) is 4.39 Å². The molecule has 0 saturated carbocycles. The van der Waals surface area contributed by atoms with Crippen LogP contribution in [-0.2, 0) is 11.2 Å². The normalized spacial score (nSPS) is 11.9. The van der Waals surface area contributed by atoms with Gasteiger partial charge in [0.25, 0.3) is 0 Å². The summed E-state index contributed by atoms with van der Waals surface area (Å²) in [5.41, 5.74) is 0.624. The summed E-state index contributed by atoms with van der Waals surface area (Å²) in [5, 5.41) is 13.6. The number of carbonyl (C=O) groups is 2. The van der Waals surface area contributed by atoms with Gasteiger partial charge in [0.15, 0.2) is 5.69 Å². The van der Waals surface area contributed by atoms with Gasteiger partial charge in [0, 0.05) is 18.3 Å². The van der Waals surface area contributed by atoms with Crippen LogP contribution in [0.2, 0.25) is 0 Å². The van der Waals surface area contributed by atoms with Gasteiger partial charge in [-0.05, 0) is 24.6 Å². The molecular formula is C15H15FN2O3S. The number of thiazole rings is 1. The molecular weight excluding hydrogens is 307 g/mol. The number of carboxylic acids is 1. The van der Waals surface area contributed by atoms with Gasteiger partial charge in [-0.15, -0.1) is 11.3 Å². The number of benzene rings is 1. The van der Waals surface area contributed by atoms with Gasteiger partial charge in [0.2, 0.25) is 5.91 Å². The maximum atomic E-state index is 13.1. The monoisotopic (exact) mass is 322 g/mol. The standard InChI is InChI=1S/C15H15FN2O3S/c1-9(10-3-2-4-11(16)7-10)14(19)17-6-5-13-18-12(8-22-13)15(20)21/h2-4,7-9H,5-6H2,1H3,(H,17,19)(H,20,21). The number of nitrogens with zero attached hydrogens (tertiary/aromatic N) is 1. The number of amides is 1. The Bertz CT molecular complexity index is 687. The molecule has 1 unspecified atom stereocenters. The molecule has 1 aromatic carbocycles. The van der Waals surface area contributed by atoms with Crippen molar-refractivity contribution in [2.24, 2.45) is 0 Å². The van der Waals surface area contributed by atoms with Gasteiger partial charge in [0.1, 0.15) is 5.82 Å². The summed E-state index contributed by atoms with van der Waals surface area (Å²) < 4.78 is 13.1. The van der Waals surface area contributed by atoms with Crippen molar-refractivity contribution in [3.63, 3.8) is 0 Å². The van der Waals surface area contributed by atoms with Crippen LogP contribution in [-0.4, -0.2) is 28.5 Å². The Kier molecular flexibility index (Phi) is 5.21. The molecule has 2 rings (SSSR count). The molecule has 0 radical (unpaired) electrons. The second-order valence-corrected chi connectivity index (χ2v) is 5.69. The molecule has 0 bridgehead atoms. The molecule has 0 aliphatic carbocycles. The molecule has 0 aliphatic rings. The molecule has 1 atom stereocenters. The zero-order valence-corrected chi connectivity index (χ0v) is 12.7. The minimum atomic E-state index is -1.06. The predicted molar refractivity (Wildman–Crippen MR) is 80.6 cm³/mol. The molecule has 2 N–H and O–H groups in total. The van der Waals surface area contributed by atoms with Crippen LogP contribution in [0, 0.1) is 5.82 Å². The highest BCUT2D eigenvalue weighted by Crippen LogP contribution is 2.16. The van der Waals surface area contributed by atoms with E-state index in [1.807, 2.05) is 0 Å². The molecule has 5 nitrogen and oxygen atoms in total. The van der Waals surface area contributed by atoms with E-state index in [0.29, 0.717) is 23.5 Å². The van der Waals surface area contributed by atoms with Crippen LogP contribution in [0.1, 0.15) is 33.9 Å². The lowest BCUT2D eigenvalue weighted by atomic mass is 10.0. The van der Waals surface area contributed by atoms with E-state index in [-0.39, 0.29) is 17.4 Å². The average molecular weight is 322 g/mol. The van der Waals surface area contributed by atoms with Crippen LogP contribution in [0.15, 0.2) is 29.6 Å². The number of carboxylic acid groups (broad SMARTS) is 1. The van der Waals surface area contributed by atoms with Crippen LogP contribution in [0.3, 0.4) is 0 Å². The first kappa shape index (κ1) is 16.1. The van der Waals surface area contributed by atoms with E-state index in [2.05, 4.69) is 10.3 Å². The number of aromatic carboxylic acids is 1. The summed E-state index contributed by atoms with van der Waals surface area (Å²) in [6.45, 7) is 2.06. The summed E-state index contributed by atoms with van der Waals surface area (Å²) in [6.07, 6.45) is 0.458. The number of halogens is 1. The third kappa shape index (κ3) is 4.11. The van der Waals surface area contributed by atoms with E-state index >= 15 is 0 Å². The van der Waals surface area contributed by atoms with Gasteiger partial charge in [-0.3, -0.25) is 4.79 Å². The largest absolute Gasteiger partial charge is 0.476 e. The van der Waals surface area contributed by atoms with Crippen LogP contribution < -0.4 is 5.32 Å². The molecule has 0 fully saturated rings. The van der Waals surface area contributed by atoms with Crippen molar-refractivity contribution in [1.82, 2.24) is 10.3 Å². The van der Waals surface area contributed by atoms with Crippen molar-refractivity contribution in [2.45, 2.75) is 19.3 Å². The maximum Gasteiger partial charge on any atom is 0.355 e. The first-order chi connectivity index (χ1) is 10.5. The zero-order chi connectivity index (χ0) is 16.1. The molecule has 0 saturated heterocycles. The Morgan fingerprint density at radius 3 is 2.86 bits per heavy atom. The summed E-state index contributed by atoms with van der Waals surface area (Å²) in [7, 11) is 0. The summed E-state index contributed by atoms with van der Waals surface area (Å²) in [6, 6.07) is 5.94. The van der Waals surface area contributed by atoms with Gasteiger partial charge in [-0.1, -0.05) is 12.1 Å². The number of aromatic nitrogens is 1. The zero-order valence-electron chi connectivity index (χ0n) is 11.9. The van der Waals surface area contributed by atoms with E-state index in [0.717, 1.165) is 0 Å². The van der Waals surface area contributed by atoms with Crippen molar-refractivity contribution >= 4 is 23.2 Å². The van der Waals surface area contributed by atoms with Gasteiger partial charge in [0.05, 0.1) is 10.9 Å². The van der Waals surface area contributed by atoms with Gasteiger partial charge < -0.3 is 10.4 Å². The highest BCUT2D eigenvalue weighted by molar-refractivity contribution is 7.09. The van der Waals surface area contributed by atoms with Crippen LogP contribution >= 0.6 is 11.3 Å². The number of hydrogen-bond acceptors (Lipinski definition) is 4. The fourth-order valence-corrected chi connectivity index (χ4v) is 2.67. The average Bonchev–Trinajstić information content (AvgIpc) is 2.95. The fraction of sp³-hybridized carbons (Fsp3) is 0.267. The minimum absolute atomic E-state index is 0.0134. The maximum absolute atomic E-state index is 13.1. The summed E-state index contributed by atoms with van der Waals surface area (Å²) in [5.74, 6) is -2.10. The predicted octanol–water partition coefficient (Wildman–Crippen LogP) is 2.44. The first-order valence-electron chi connectivity index (χ1n) is 6.68. The van der Waals surface area contributed by atoms with Gasteiger partial charge in [-0.25, -0.2) is 14.2 Å². The Morgan fingerprint density at radius 2 is 2.23 bits per heavy atom. The molecule has 2 aromatic rings. The molecule has 0 aliphatic heterocycles. The topological polar surface area (TPSA) is 79.3 Å². The highest BCUT2D eigenvalue weighted by Gasteiger charge is 2.15. The Balaban J connectivity index is 1.85. The molecule has 0 spiro atoms. The lowest BCUT2D eigenvalue weighted by molar-refractivity contribution is -0.122. The van der Waals surface area contributed by atoms with E-state index in [1.165, 1.54) is 28.8 Å². The molecule has 1 aromatic heterocycles. The number of rotatable bonds is 6. The molecule has 116 valence electrons. The van der Waals surface area contributed by atoms with Crippen molar-refractivity contribution in [3.8, 4) is 0 Å². The number of hydrogen-bond donors (Lipinski definition) is 2. The van der Waals surface area contributed by atoms with Crippen LogP contribution in [0.5, 0.6) is 0 Å². The van der Waals surface area contributed by atoms with E-state index < -0.39 is 11.9 Å². The van der Waals surface area contributed by atoms with Gasteiger partial charge >= 0.3 is 5.97 Å². The Morgan fingerprint density at radius 1 is 1.45 bits per heavy atom. The van der Waals surface area contributed by atoms with E-state index in [4.69, 9.17) is 5.11 Å². The van der Waals surface area contributed by atoms with Crippen molar-refractivity contribution < 1.29 is 19.1 Å². The third-order valence-electron chi connectivity index (χ3n) is 3.15. The first-order valence-corrected chi connectivity index (χ1v) is 7.56. The Hall–Kier alpha value is -2.28. The SMILES string of the molecule is CC(C(=O)NCCc1nc(C(=O)O)cs1)c1cccc(F)c1. The van der Waals surface area contributed by atoms with Crippen LogP contribution in [0.25, 0.3) is 0 Å². The van der Waals surface area contributed by atoms with E-state index in [9.17, 15) is 14.0 Å². The number of nitrogens with one attached hydrogen (secondary N) is 1. The van der Waals surface area contributed by atoms with Gasteiger partial charge in [-0.2, -0.15) is 0 Å². The second kappa shape index (κ2) is 7.13. The second-order valence-electron chi connectivity index (χ2n) is 4.75. The third-order valence-corrected chi connectivity index (χ3v) is 4.06. The molecule has 1 heterocycles. The quantitative estimate of drug-likeness (QED) is 0.856. The van der Waals surface area contributed by atoms with Crippen molar-refractivity contribution in [1.29, 1.82) is 0 Å². The van der Waals surface area contributed by atoms with Crippen molar-refractivity contribution in [2.75, 3.05) is 6.54 Å². The minimum Gasteiger partial charge on any atom is -0.476 e. The Labute approximate surface area is 130 Å². The summed E-state index contributed by atoms with van der Waals surface area (Å²) in [4.78, 5) is 26.7. The van der Waals surface area contributed by atoms with Crippen molar-refractivity contribution in [3.05, 3.63) is 51.7 Å².